The zero-order valence-electron chi connectivity index (χ0n) is 13.2. The maximum Gasteiger partial charge on any atom is 0.244 e. The fraction of sp³-hybridized carbons (Fsp3) is 0.733. The van der Waals surface area contributed by atoms with Gasteiger partial charge in [-0.3, -0.25) is 9.48 Å². The van der Waals surface area contributed by atoms with Crippen molar-refractivity contribution in [1.29, 1.82) is 0 Å². The zero-order valence-corrected chi connectivity index (χ0v) is 13.2. The van der Waals surface area contributed by atoms with Gasteiger partial charge in [0.25, 0.3) is 0 Å². The summed E-state index contributed by atoms with van der Waals surface area (Å²) in [6.07, 6.45) is 3.95. The lowest BCUT2D eigenvalue weighted by atomic mass is 9.96. The lowest BCUT2D eigenvalue weighted by Crippen LogP contribution is -2.42. The van der Waals surface area contributed by atoms with Crippen LogP contribution in [0.4, 0.5) is 5.82 Å². The molecule has 2 rings (SSSR count). The third kappa shape index (κ3) is 4.46. The summed E-state index contributed by atoms with van der Waals surface area (Å²) in [7, 11) is 0. The number of amides is 1. The quantitative estimate of drug-likeness (QED) is 0.851. The molecule has 118 valence electrons. The molecule has 0 saturated carbocycles. The summed E-state index contributed by atoms with van der Waals surface area (Å²) >= 11 is 0. The van der Waals surface area contributed by atoms with Crippen molar-refractivity contribution in [3.63, 3.8) is 0 Å². The van der Waals surface area contributed by atoms with Crippen molar-refractivity contribution in [2.75, 3.05) is 38.5 Å². The smallest absolute Gasteiger partial charge is 0.244 e. The van der Waals surface area contributed by atoms with E-state index in [1.54, 1.807) is 16.9 Å². The molecule has 2 heterocycles. The molecule has 1 aliphatic heterocycles. The third-order valence-corrected chi connectivity index (χ3v) is 4.34. The summed E-state index contributed by atoms with van der Waals surface area (Å²) in [6, 6.07) is 1.71. The van der Waals surface area contributed by atoms with E-state index in [4.69, 9.17) is 5.73 Å². The van der Waals surface area contributed by atoms with E-state index in [0.29, 0.717) is 11.7 Å². The Bertz CT molecular complexity index is 447. The Balaban J connectivity index is 1.76. The molecule has 1 aromatic rings. The van der Waals surface area contributed by atoms with Gasteiger partial charge in [0.05, 0.1) is 0 Å². The molecule has 6 nitrogen and oxygen atoms in total. The Kier molecular flexibility index (Phi) is 5.61. The van der Waals surface area contributed by atoms with Gasteiger partial charge in [0, 0.05) is 25.8 Å². The van der Waals surface area contributed by atoms with E-state index in [2.05, 4.69) is 23.8 Å². The Hall–Kier alpha value is -1.56. The summed E-state index contributed by atoms with van der Waals surface area (Å²) in [4.78, 5) is 16.7. The van der Waals surface area contributed by atoms with E-state index < -0.39 is 0 Å². The highest BCUT2D eigenvalue weighted by Gasteiger charge is 2.23. The molecule has 0 radical (unpaired) electrons. The molecule has 1 aromatic heterocycles. The van der Waals surface area contributed by atoms with Crippen LogP contribution >= 0.6 is 0 Å². The lowest BCUT2D eigenvalue weighted by molar-refractivity contribution is -0.133. The number of carbonyl (C=O) groups excluding carboxylic acids is 1. The van der Waals surface area contributed by atoms with Crippen molar-refractivity contribution < 1.29 is 4.79 Å². The SMILES string of the molecule is CCN(CC)CC1CCN(C(=O)Cn2ccc(N)n2)CC1. The Labute approximate surface area is 126 Å². The van der Waals surface area contributed by atoms with Gasteiger partial charge in [0.1, 0.15) is 12.4 Å². The van der Waals surface area contributed by atoms with Gasteiger partial charge in [-0.25, -0.2) is 0 Å². The second-order valence-corrected chi connectivity index (χ2v) is 5.75. The highest BCUT2D eigenvalue weighted by atomic mass is 16.2. The number of hydrogen-bond donors (Lipinski definition) is 1. The molecule has 0 atom stereocenters. The standard InChI is InChI=1S/C15H27N5O/c1-3-18(4-2)11-13-5-8-19(9-6-13)15(21)12-20-10-7-14(16)17-20/h7,10,13H,3-6,8-9,11-12H2,1-2H3,(H2,16,17). The number of nitrogen functional groups attached to an aromatic ring is 1. The lowest BCUT2D eigenvalue weighted by Gasteiger charge is -2.34. The highest BCUT2D eigenvalue weighted by molar-refractivity contribution is 5.76. The van der Waals surface area contributed by atoms with Crippen molar-refractivity contribution in [2.24, 2.45) is 5.92 Å². The van der Waals surface area contributed by atoms with Crippen LogP contribution in [0.25, 0.3) is 0 Å². The first kappa shape index (κ1) is 15.8. The summed E-state index contributed by atoms with van der Waals surface area (Å²) in [5, 5.41) is 4.06. The molecular formula is C15H27N5O. The molecule has 0 bridgehead atoms. The third-order valence-electron chi connectivity index (χ3n) is 4.34. The normalized spacial score (nSPS) is 16.6. The van der Waals surface area contributed by atoms with Gasteiger partial charge in [0.2, 0.25) is 5.91 Å². The molecule has 21 heavy (non-hydrogen) atoms. The average Bonchev–Trinajstić information content (AvgIpc) is 2.90. The summed E-state index contributed by atoms with van der Waals surface area (Å²) in [6.45, 7) is 9.80. The van der Waals surface area contributed by atoms with E-state index >= 15 is 0 Å². The van der Waals surface area contributed by atoms with Gasteiger partial charge in [-0.1, -0.05) is 13.8 Å². The maximum atomic E-state index is 12.2. The monoisotopic (exact) mass is 293 g/mol. The number of nitrogens with zero attached hydrogens (tertiary/aromatic N) is 4. The minimum atomic E-state index is 0.138. The number of carbonyl (C=O) groups is 1. The molecule has 0 unspecified atom stereocenters. The van der Waals surface area contributed by atoms with Crippen LogP contribution in [0.3, 0.4) is 0 Å². The van der Waals surface area contributed by atoms with Crippen LogP contribution in [0, 0.1) is 5.92 Å². The first-order chi connectivity index (χ1) is 10.1. The van der Waals surface area contributed by atoms with E-state index in [1.807, 2.05) is 4.90 Å². The largest absolute Gasteiger partial charge is 0.382 e. The first-order valence-corrected chi connectivity index (χ1v) is 7.91. The minimum Gasteiger partial charge on any atom is -0.382 e. The molecule has 6 heteroatoms. The summed E-state index contributed by atoms with van der Waals surface area (Å²) in [5.41, 5.74) is 5.56. The topological polar surface area (TPSA) is 67.4 Å². The molecule has 0 aromatic carbocycles. The summed E-state index contributed by atoms with van der Waals surface area (Å²) in [5.74, 6) is 1.31. The second-order valence-electron chi connectivity index (χ2n) is 5.75. The Morgan fingerprint density at radius 1 is 1.38 bits per heavy atom. The Morgan fingerprint density at radius 3 is 2.57 bits per heavy atom. The average molecular weight is 293 g/mol. The van der Waals surface area contributed by atoms with Crippen molar-refractivity contribution in [2.45, 2.75) is 33.2 Å². The van der Waals surface area contributed by atoms with Crippen molar-refractivity contribution >= 4 is 11.7 Å². The number of rotatable bonds is 6. The molecule has 2 N–H and O–H groups in total. The van der Waals surface area contributed by atoms with E-state index in [0.717, 1.165) is 45.6 Å². The van der Waals surface area contributed by atoms with Crippen LogP contribution in [0.5, 0.6) is 0 Å². The van der Waals surface area contributed by atoms with Crippen LogP contribution in [-0.4, -0.2) is 58.2 Å². The van der Waals surface area contributed by atoms with Gasteiger partial charge in [-0.15, -0.1) is 0 Å². The van der Waals surface area contributed by atoms with Crippen LogP contribution in [0.15, 0.2) is 12.3 Å². The van der Waals surface area contributed by atoms with Crippen LogP contribution < -0.4 is 5.73 Å². The highest BCUT2D eigenvalue weighted by Crippen LogP contribution is 2.18. The van der Waals surface area contributed by atoms with E-state index in [-0.39, 0.29) is 12.5 Å². The first-order valence-electron chi connectivity index (χ1n) is 7.91. The van der Waals surface area contributed by atoms with Crippen molar-refractivity contribution in [1.82, 2.24) is 19.6 Å². The zero-order chi connectivity index (χ0) is 15.2. The molecule has 1 fully saturated rings. The van der Waals surface area contributed by atoms with Gasteiger partial charge in [-0.05, 0) is 37.9 Å². The van der Waals surface area contributed by atoms with Gasteiger partial charge in [-0.2, -0.15) is 5.10 Å². The molecule has 0 spiro atoms. The number of likely N-dealkylation sites (tertiary alicyclic amines) is 1. The van der Waals surface area contributed by atoms with Crippen LogP contribution in [0.1, 0.15) is 26.7 Å². The van der Waals surface area contributed by atoms with Crippen molar-refractivity contribution in [3.8, 4) is 0 Å². The van der Waals surface area contributed by atoms with Gasteiger partial charge >= 0.3 is 0 Å². The number of anilines is 1. The Morgan fingerprint density at radius 2 is 2.05 bits per heavy atom. The minimum absolute atomic E-state index is 0.138. The van der Waals surface area contributed by atoms with Gasteiger partial charge < -0.3 is 15.5 Å². The number of nitrogens with two attached hydrogens (primary N) is 1. The molecule has 1 saturated heterocycles. The summed E-state index contributed by atoms with van der Waals surface area (Å²) < 4.78 is 1.61. The number of piperidine rings is 1. The predicted octanol–water partition coefficient (Wildman–Crippen LogP) is 1.05. The predicted molar refractivity (Wildman–Crippen MR) is 83.7 cm³/mol. The van der Waals surface area contributed by atoms with Crippen LogP contribution in [-0.2, 0) is 11.3 Å². The van der Waals surface area contributed by atoms with Crippen molar-refractivity contribution in [3.05, 3.63) is 12.3 Å². The maximum absolute atomic E-state index is 12.2. The number of hydrogen-bond acceptors (Lipinski definition) is 4. The van der Waals surface area contributed by atoms with Gasteiger partial charge in [0.15, 0.2) is 0 Å². The molecule has 1 amide bonds. The fourth-order valence-electron chi connectivity index (χ4n) is 2.92. The second kappa shape index (κ2) is 7.45. The molecule has 1 aliphatic rings. The molecule has 0 aliphatic carbocycles. The van der Waals surface area contributed by atoms with Crippen LogP contribution in [0.2, 0.25) is 0 Å². The fourth-order valence-corrected chi connectivity index (χ4v) is 2.92. The number of aromatic nitrogens is 2. The van der Waals surface area contributed by atoms with E-state index in [9.17, 15) is 4.79 Å². The van der Waals surface area contributed by atoms with E-state index in [1.165, 1.54) is 0 Å². The molecular weight excluding hydrogens is 266 g/mol.